The molecule has 2 fully saturated rings. The number of nitrogens with one attached hydrogen (secondary N) is 3. The predicted octanol–water partition coefficient (Wildman–Crippen LogP) is 9.37. The number of rotatable bonds is 24. The average molecular weight is 1080 g/mol. The lowest BCUT2D eigenvalue weighted by Gasteiger charge is -2.31. The summed E-state index contributed by atoms with van der Waals surface area (Å²) in [5.41, 5.74) is 2.92. The SMILES string of the molecule is C[C@H](N(Cc1ccc(F)cc1)C(=O)CN1C(=O)O[C@@]2(CCc3cc(NC(=O)CCc4ccc(NC(=O)CCCCCCCCCCCCc5ccc6c(c5)C(=O)N(C5CCC(=O)NC5=O)C6=O)cc4)ccc32)C1=O)C(F)(F)F. The van der Waals surface area contributed by atoms with Crippen LogP contribution in [0.3, 0.4) is 0 Å². The second-order valence-electron chi connectivity index (χ2n) is 20.5. The number of aryl methyl sites for hydroxylation is 3. The van der Waals surface area contributed by atoms with Crippen LogP contribution in [-0.2, 0) is 64.9 Å². The van der Waals surface area contributed by atoms with E-state index in [0.717, 1.165) is 106 Å². The van der Waals surface area contributed by atoms with Crippen molar-refractivity contribution in [2.45, 2.75) is 153 Å². The number of benzene rings is 4. The molecule has 1 unspecified atom stereocenters. The van der Waals surface area contributed by atoms with Gasteiger partial charge in [-0.05, 0) is 116 Å². The van der Waals surface area contributed by atoms with Crippen LogP contribution in [0.4, 0.5) is 33.7 Å². The summed E-state index contributed by atoms with van der Waals surface area (Å²) < 4.78 is 60.7. The number of carbonyl (C=O) groups is 9. The van der Waals surface area contributed by atoms with Crippen LogP contribution in [0.25, 0.3) is 0 Å². The molecule has 0 radical (unpaired) electrons. The fraction of sp³-hybridized carbons (Fsp3) is 0.431. The molecule has 20 heteroatoms. The van der Waals surface area contributed by atoms with Crippen molar-refractivity contribution in [1.82, 2.24) is 20.0 Å². The minimum absolute atomic E-state index is 0.0223. The molecule has 0 aromatic heterocycles. The van der Waals surface area contributed by atoms with Gasteiger partial charge >= 0.3 is 12.3 Å². The summed E-state index contributed by atoms with van der Waals surface area (Å²) in [5.74, 6) is -5.03. The molecule has 3 atom stereocenters. The molecule has 1 spiro atoms. The molecule has 4 aromatic carbocycles. The van der Waals surface area contributed by atoms with Gasteiger partial charge in [-0.1, -0.05) is 87.8 Å². The smallest absolute Gasteiger partial charge is 0.418 e. The summed E-state index contributed by atoms with van der Waals surface area (Å²) in [4.78, 5) is 118. The molecule has 3 heterocycles. The monoisotopic (exact) mass is 1080 g/mol. The van der Waals surface area contributed by atoms with E-state index in [4.69, 9.17) is 4.74 Å². The Balaban J connectivity index is 0.679. The minimum Gasteiger partial charge on any atom is -0.427 e. The Hall–Kier alpha value is -7.77. The summed E-state index contributed by atoms with van der Waals surface area (Å²) in [6, 6.07) is 18.6. The summed E-state index contributed by atoms with van der Waals surface area (Å²) >= 11 is 0. The third kappa shape index (κ3) is 13.3. The molecule has 3 N–H and O–H groups in total. The van der Waals surface area contributed by atoms with Crippen LogP contribution in [0, 0.1) is 5.82 Å². The van der Waals surface area contributed by atoms with Gasteiger partial charge in [0, 0.05) is 49.2 Å². The highest BCUT2D eigenvalue weighted by atomic mass is 19.4. The highest BCUT2D eigenvalue weighted by molar-refractivity contribution is 6.23. The van der Waals surface area contributed by atoms with E-state index in [-0.39, 0.29) is 55.0 Å². The molecule has 4 aliphatic rings. The van der Waals surface area contributed by atoms with Gasteiger partial charge < -0.3 is 20.3 Å². The first-order valence-electron chi connectivity index (χ1n) is 26.6. The topological polar surface area (TPSA) is 209 Å². The second kappa shape index (κ2) is 24.7. The zero-order valence-corrected chi connectivity index (χ0v) is 43.3. The van der Waals surface area contributed by atoms with Gasteiger partial charge in [0.05, 0.1) is 11.1 Å². The summed E-state index contributed by atoms with van der Waals surface area (Å²) in [5, 5.41) is 8.00. The normalized spacial score (nSPS) is 18.2. The molecule has 8 rings (SSSR count). The molecule has 78 heavy (non-hydrogen) atoms. The number of hydrogen-bond acceptors (Lipinski definition) is 10. The van der Waals surface area contributed by atoms with Crippen molar-refractivity contribution in [2.75, 3.05) is 17.2 Å². The highest BCUT2D eigenvalue weighted by Gasteiger charge is 2.59. The molecule has 1 aliphatic carbocycles. The number of carbonyl (C=O) groups excluding carboxylic acids is 9. The van der Waals surface area contributed by atoms with Gasteiger partial charge in [0.1, 0.15) is 24.4 Å². The van der Waals surface area contributed by atoms with E-state index in [0.29, 0.717) is 50.7 Å². The molecule has 3 aliphatic heterocycles. The molecule has 2 saturated heterocycles. The number of anilines is 2. The van der Waals surface area contributed by atoms with Gasteiger partial charge in [0.15, 0.2) is 0 Å². The maximum absolute atomic E-state index is 13.9. The Bertz CT molecular complexity index is 2970. The lowest BCUT2D eigenvalue weighted by atomic mass is 9.94. The zero-order valence-electron chi connectivity index (χ0n) is 43.3. The van der Waals surface area contributed by atoms with Crippen LogP contribution >= 0.6 is 0 Å². The van der Waals surface area contributed by atoms with Gasteiger partial charge in [-0.15, -0.1) is 0 Å². The molecule has 9 amide bonds. The van der Waals surface area contributed by atoms with Crippen LogP contribution in [0.1, 0.15) is 152 Å². The maximum Gasteiger partial charge on any atom is 0.418 e. The molecule has 16 nitrogen and oxygen atoms in total. The van der Waals surface area contributed by atoms with Crippen molar-refractivity contribution in [2.24, 2.45) is 0 Å². The van der Waals surface area contributed by atoms with Gasteiger partial charge in [-0.3, -0.25) is 48.6 Å². The van der Waals surface area contributed by atoms with Crippen molar-refractivity contribution in [3.8, 4) is 0 Å². The highest BCUT2D eigenvalue weighted by Crippen LogP contribution is 2.46. The van der Waals surface area contributed by atoms with Crippen molar-refractivity contribution >= 4 is 64.7 Å². The number of nitrogens with zero attached hydrogens (tertiary/aromatic N) is 3. The van der Waals surface area contributed by atoms with Crippen LogP contribution in [0.15, 0.2) is 84.9 Å². The van der Waals surface area contributed by atoms with E-state index in [2.05, 4.69) is 16.0 Å². The number of fused-ring (bicyclic) bond motifs is 3. The quantitative estimate of drug-likeness (QED) is 0.0344. The van der Waals surface area contributed by atoms with E-state index >= 15 is 0 Å². The molecular weight excluding hydrogens is 1020 g/mol. The molecular formula is C58H62F4N6O10. The van der Waals surface area contributed by atoms with Crippen molar-refractivity contribution < 1.29 is 65.4 Å². The zero-order chi connectivity index (χ0) is 55.7. The molecule has 4 aromatic rings. The Labute approximate surface area is 448 Å². The lowest BCUT2D eigenvalue weighted by molar-refractivity contribution is -0.187. The van der Waals surface area contributed by atoms with Crippen molar-refractivity contribution in [3.63, 3.8) is 0 Å². The Morgan fingerprint density at radius 3 is 1.99 bits per heavy atom. The van der Waals surface area contributed by atoms with E-state index < -0.39 is 84.3 Å². The van der Waals surface area contributed by atoms with E-state index in [1.807, 2.05) is 18.2 Å². The summed E-state index contributed by atoms with van der Waals surface area (Å²) in [6.45, 7) is -0.778. The number of alkyl halides is 3. The average Bonchev–Trinajstić information content (AvgIpc) is 4.23. The first kappa shape index (κ1) is 56.4. The molecule has 0 bridgehead atoms. The number of imide groups is 3. The van der Waals surface area contributed by atoms with Crippen LogP contribution < -0.4 is 16.0 Å². The van der Waals surface area contributed by atoms with Gasteiger partial charge in [-0.25, -0.2) is 14.1 Å². The first-order chi connectivity index (χ1) is 37.3. The fourth-order valence-corrected chi connectivity index (χ4v) is 10.5. The van der Waals surface area contributed by atoms with Crippen LogP contribution in [0.2, 0.25) is 0 Å². The van der Waals surface area contributed by atoms with E-state index in [1.165, 1.54) is 12.1 Å². The van der Waals surface area contributed by atoms with Gasteiger partial charge in [0.2, 0.25) is 35.1 Å². The van der Waals surface area contributed by atoms with E-state index in [1.54, 1.807) is 42.5 Å². The second-order valence-corrected chi connectivity index (χ2v) is 20.5. The lowest BCUT2D eigenvalue weighted by Crippen LogP contribution is -2.54. The third-order valence-electron chi connectivity index (χ3n) is 15.0. The van der Waals surface area contributed by atoms with Gasteiger partial charge in [0.25, 0.3) is 17.7 Å². The number of amides is 9. The summed E-state index contributed by atoms with van der Waals surface area (Å²) in [6.07, 6.45) is 6.60. The van der Waals surface area contributed by atoms with Crippen LogP contribution in [0.5, 0.6) is 0 Å². The Kier molecular flexibility index (Phi) is 17.9. The molecule has 412 valence electrons. The molecule has 0 saturated carbocycles. The number of hydrogen-bond donors (Lipinski definition) is 3. The fourth-order valence-electron chi connectivity index (χ4n) is 10.5. The first-order valence-corrected chi connectivity index (χ1v) is 26.6. The third-order valence-corrected chi connectivity index (χ3v) is 15.0. The number of halogens is 4. The maximum atomic E-state index is 13.9. The van der Waals surface area contributed by atoms with E-state index in [9.17, 15) is 60.7 Å². The number of ether oxygens (including phenoxy) is 1. The number of unbranched alkanes of at least 4 members (excludes halogenated alkanes) is 9. The standard InChI is InChI=1S/C58H62F4N6O10/c1-36(58(60,61)62)66(34-39-14-20-41(59)21-15-39)51(72)35-67-55(76)57(78-56(67)77)31-30-40-33-43(24-26-46(40)57)64-49(70)28-19-37-16-22-42(23-17-37)63-48(69)13-11-9-7-5-3-2-4-6-8-10-12-38-18-25-44-45(32-38)54(75)68(53(44)74)47-27-29-50(71)65-52(47)73/h14-18,20-26,32-33,36,47H,2-13,19,27-31,34-35H2,1H3,(H,63,69)(H,64,70)(H,65,71,73)/t36-,47?,57+/m0/s1. The largest absolute Gasteiger partial charge is 0.427 e. The van der Waals surface area contributed by atoms with Crippen LogP contribution in [-0.4, -0.2) is 92.9 Å². The Morgan fingerprint density at radius 1 is 0.705 bits per heavy atom. The minimum atomic E-state index is -4.84. The van der Waals surface area contributed by atoms with Gasteiger partial charge in [-0.2, -0.15) is 13.2 Å². The predicted molar refractivity (Wildman–Crippen MR) is 277 cm³/mol. The number of piperidine rings is 1. The Morgan fingerprint density at radius 2 is 1.31 bits per heavy atom. The van der Waals surface area contributed by atoms with Crippen molar-refractivity contribution in [1.29, 1.82) is 0 Å². The summed E-state index contributed by atoms with van der Waals surface area (Å²) in [7, 11) is 0. The van der Waals surface area contributed by atoms with Crippen molar-refractivity contribution in [3.05, 3.63) is 130 Å².